The first kappa shape index (κ1) is 14.7. The molecule has 1 N–H and O–H groups in total. The second-order valence-corrected chi connectivity index (χ2v) is 4.72. The number of hydrogen-bond donors (Lipinski definition) is 1. The van der Waals surface area contributed by atoms with Crippen LogP contribution in [0.5, 0.6) is 0 Å². The summed E-state index contributed by atoms with van der Waals surface area (Å²) in [4.78, 5) is 0. The zero-order chi connectivity index (χ0) is 13.1. The normalized spacial score (nSPS) is 10.5. The van der Waals surface area contributed by atoms with Gasteiger partial charge in [0.15, 0.2) is 0 Å². The van der Waals surface area contributed by atoms with Crippen LogP contribution in [0.2, 0.25) is 0 Å². The fourth-order valence-electron chi connectivity index (χ4n) is 2.15. The highest BCUT2D eigenvalue weighted by atomic mass is 14.8. The second kappa shape index (κ2) is 9.67. The third-order valence-electron chi connectivity index (χ3n) is 3.14. The van der Waals surface area contributed by atoms with Gasteiger partial charge < -0.3 is 5.32 Å². The number of rotatable bonds is 10. The molecule has 1 aromatic rings. The lowest BCUT2D eigenvalue weighted by Crippen LogP contribution is -2.15. The first-order valence-corrected chi connectivity index (χ1v) is 6.83. The van der Waals surface area contributed by atoms with Crippen molar-refractivity contribution in [2.75, 3.05) is 6.54 Å². The Balaban J connectivity index is 2.10. The zero-order valence-corrected chi connectivity index (χ0v) is 11.3. The minimum atomic E-state index is 0.721. The summed E-state index contributed by atoms with van der Waals surface area (Å²) in [7, 11) is 0. The average molecular weight is 243 g/mol. The Labute approximate surface area is 112 Å². The third-order valence-corrected chi connectivity index (χ3v) is 3.14. The van der Waals surface area contributed by atoms with Crippen molar-refractivity contribution in [1.82, 2.24) is 5.32 Å². The lowest BCUT2D eigenvalue weighted by atomic mass is 9.96. The highest BCUT2D eigenvalue weighted by molar-refractivity contribution is 5.14. The summed E-state index contributed by atoms with van der Waals surface area (Å²) in [5.41, 5.74) is 1.35. The van der Waals surface area contributed by atoms with Crippen LogP contribution in [0.15, 0.2) is 55.6 Å². The molecule has 98 valence electrons. The lowest BCUT2D eigenvalue weighted by molar-refractivity contribution is 0.466. The molecular formula is C17H25N. The molecule has 0 fully saturated rings. The Morgan fingerprint density at radius 2 is 1.72 bits per heavy atom. The van der Waals surface area contributed by atoms with Gasteiger partial charge in [0.25, 0.3) is 0 Å². The molecule has 0 saturated carbocycles. The molecule has 0 unspecified atom stereocenters. The van der Waals surface area contributed by atoms with Crippen molar-refractivity contribution in [3.63, 3.8) is 0 Å². The quantitative estimate of drug-likeness (QED) is 0.476. The molecule has 0 amide bonds. The van der Waals surface area contributed by atoms with Crippen molar-refractivity contribution in [3.05, 3.63) is 61.2 Å². The SMILES string of the molecule is C=CCC(CC=C)CCCNCc1ccccc1. The van der Waals surface area contributed by atoms with Gasteiger partial charge in [-0.05, 0) is 43.7 Å². The maximum atomic E-state index is 3.82. The standard InChI is InChI=1S/C17H25N/c1-3-9-16(10-4-2)13-8-14-18-15-17-11-6-5-7-12-17/h3-7,11-12,16,18H,1-2,8-10,13-15H2. The van der Waals surface area contributed by atoms with Crippen molar-refractivity contribution in [2.24, 2.45) is 5.92 Å². The van der Waals surface area contributed by atoms with Crippen LogP contribution in [0, 0.1) is 5.92 Å². The van der Waals surface area contributed by atoms with Crippen LogP contribution in [0.1, 0.15) is 31.2 Å². The molecule has 18 heavy (non-hydrogen) atoms. The van der Waals surface area contributed by atoms with Gasteiger partial charge >= 0.3 is 0 Å². The smallest absolute Gasteiger partial charge is 0.0205 e. The molecule has 0 aliphatic heterocycles. The van der Waals surface area contributed by atoms with Crippen LogP contribution >= 0.6 is 0 Å². The van der Waals surface area contributed by atoms with E-state index in [0.717, 1.165) is 31.8 Å². The van der Waals surface area contributed by atoms with Crippen LogP contribution < -0.4 is 5.32 Å². The summed E-state index contributed by atoms with van der Waals surface area (Å²) in [6.45, 7) is 9.68. The van der Waals surface area contributed by atoms with E-state index in [4.69, 9.17) is 0 Å². The Kier molecular flexibility index (Phi) is 7.90. The minimum absolute atomic E-state index is 0.721. The van der Waals surface area contributed by atoms with Crippen molar-refractivity contribution >= 4 is 0 Å². The minimum Gasteiger partial charge on any atom is -0.313 e. The lowest BCUT2D eigenvalue weighted by Gasteiger charge is -2.12. The van der Waals surface area contributed by atoms with E-state index in [0.29, 0.717) is 0 Å². The Morgan fingerprint density at radius 3 is 2.33 bits per heavy atom. The molecule has 1 nitrogen and oxygen atoms in total. The maximum Gasteiger partial charge on any atom is 0.0205 e. The molecule has 0 saturated heterocycles. The van der Waals surface area contributed by atoms with Gasteiger partial charge in [-0.15, -0.1) is 13.2 Å². The average Bonchev–Trinajstić information content (AvgIpc) is 2.40. The van der Waals surface area contributed by atoms with Gasteiger partial charge in [-0.1, -0.05) is 42.5 Å². The van der Waals surface area contributed by atoms with Crippen molar-refractivity contribution < 1.29 is 0 Å². The largest absolute Gasteiger partial charge is 0.313 e. The summed E-state index contributed by atoms with van der Waals surface area (Å²) < 4.78 is 0. The Bertz CT molecular complexity index is 319. The van der Waals surface area contributed by atoms with Crippen LogP contribution in [0.25, 0.3) is 0 Å². The maximum absolute atomic E-state index is 3.82. The topological polar surface area (TPSA) is 12.0 Å². The zero-order valence-electron chi connectivity index (χ0n) is 11.3. The van der Waals surface area contributed by atoms with E-state index in [-0.39, 0.29) is 0 Å². The van der Waals surface area contributed by atoms with E-state index in [1.807, 2.05) is 12.2 Å². The van der Waals surface area contributed by atoms with Crippen LogP contribution in [0.4, 0.5) is 0 Å². The third kappa shape index (κ3) is 6.41. The highest BCUT2D eigenvalue weighted by Gasteiger charge is 2.03. The molecule has 0 aliphatic rings. The van der Waals surface area contributed by atoms with Gasteiger partial charge in [-0.3, -0.25) is 0 Å². The van der Waals surface area contributed by atoms with E-state index in [1.165, 1.54) is 18.4 Å². The first-order valence-electron chi connectivity index (χ1n) is 6.83. The summed E-state index contributed by atoms with van der Waals surface area (Å²) in [6.07, 6.45) is 8.71. The van der Waals surface area contributed by atoms with E-state index < -0.39 is 0 Å². The summed E-state index contributed by atoms with van der Waals surface area (Å²) in [5, 5.41) is 3.49. The molecule has 0 atom stereocenters. The van der Waals surface area contributed by atoms with Crippen molar-refractivity contribution in [2.45, 2.75) is 32.2 Å². The summed E-state index contributed by atoms with van der Waals surface area (Å²) in [5.74, 6) is 0.721. The van der Waals surface area contributed by atoms with Crippen molar-refractivity contribution in [3.8, 4) is 0 Å². The highest BCUT2D eigenvalue weighted by Crippen LogP contribution is 2.16. The molecule has 1 aromatic carbocycles. The molecule has 0 spiro atoms. The molecule has 0 aromatic heterocycles. The number of nitrogens with one attached hydrogen (secondary N) is 1. The predicted molar refractivity (Wildman–Crippen MR) is 80.5 cm³/mol. The second-order valence-electron chi connectivity index (χ2n) is 4.72. The fraction of sp³-hybridized carbons (Fsp3) is 0.412. The van der Waals surface area contributed by atoms with Gasteiger partial charge in [0.2, 0.25) is 0 Å². The number of hydrogen-bond acceptors (Lipinski definition) is 1. The first-order chi connectivity index (χ1) is 8.86. The van der Waals surface area contributed by atoms with Crippen LogP contribution in [0.3, 0.4) is 0 Å². The molecule has 0 radical (unpaired) electrons. The summed E-state index contributed by atoms with van der Waals surface area (Å²) >= 11 is 0. The summed E-state index contributed by atoms with van der Waals surface area (Å²) in [6, 6.07) is 10.5. The molecular weight excluding hydrogens is 218 g/mol. The van der Waals surface area contributed by atoms with E-state index in [1.54, 1.807) is 0 Å². The van der Waals surface area contributed by atoms with Gasteiger partial charge in [0.05, 0.1) is 0 Å². The molecule has 1 heteroatoms. The van der Waals surface area contributed by atoms with Gasteiger partial charge in [-0.25, -0.2) is 0 Å². The number of allylic oxidation sites excluding steroid dienone is 2. The number of benzene rings is 1. The van der Waals surface area contributed by atoms with Gasteiger partial charge in [0, 0.05) is 6.54 Å². The fourth-order valence-corrected chi connectivity index (χ4v) is 2.15. The van der Waals surface area contributed by atoms with Gasteiger partial charge in [0.1, 0.15) is 0 Å². The Hall–Kier alpha value is -1.34. The van der Waals surface area contributed by atoms with Crippen molar-refractivity contribution in [1.29, 1.82) is 0 Å². The molecule has 1 rings (SSSR count). The van der Waals surface area contributed by atoms with E-state index in [9.17, 15) is 0 Å². The van der Waals surface area contributed by atoms with E-state index >= 15 is 0 Å². The van der Waals surface area contributed by atoms with Gasteiger partial charge in [-0.2, -0.15) is 0 Å². The van der Waals surface area contributed by atoms with Crippen LogP contribution in [-0.4, -0.2) is 6.54 Å². The van der Waals surface area contributed by atoms with Crippen LogP contribution in [-0.2, 0) is 6.54 Å². The molecule has 0 bridgehead atoms. The predicted octanol–water partition coefficient (Wildman–Crippen LogP) is 4.32. The van der Waals surface area contributed by atoms with E-state index in [2.05, 4.69) is 48.8 Å². The Morgan fingerprint density at radius 1 is 1.06 bits per heavy atom. The monoisotopic (exact) mass is 243 g/mol. The molecule has 0 heterocycles. The molecule has 0 aliphatic carbocycles.